The molecule has 0 aliphatic heterocycles. The maximum absolute atomic E-state index is 11.0. The lowest BCUT2D eigenvalue weighted by Gasteiger charge is -2.24. The quantitative estimate of drug-likeness (QED) is 0.284. The Labute approximate surface area is 129 Å². The monoisotopic (exact) mass is 339 g/mol. The number of carbonyl (C=O) groups excluding carboxylic acids is 1. The molecule has 9 heteroatoms. The summed E-state index contributed by atoms with van der Waals surface area (Å²) in [5, 5.41) is 3.33. The van der Waals surface area contributed by atoms with E-state index in [1.54, 1.807) is 21.3 Å². The zero-order valence-corrected chi connectivity index (χ0v) is 15.8. The fourth-order valence-electron chi connectivity index (χ4n) is 2.01. The summed E-state index contributed by atoms with van der Waals surface area (Å²) in [6, 6.07) is 1.43. The van der Waals surface area contributed by atoms with Crippen LogP contribution in [0.5, 0.6) is 0 Å². The molecule has 126 valence electrons. The Hall–Kier alpha value is -0.136. The molecule has 0 radical (unpaired) electrons. The molecule has 0 spiro atoms. The molecule has 7 nitrogen and oxygen atoms in total. The summed E-state index contributed by atoms with van der Waals surface area (Å²) >= 11 is 0. The van der Waals surface area contributed by atoms with Crippen molar-refractivity contribution in [3.63, 3.8) is 0 Å². The van der Waals surface area contributed by atoms with Gasteiger partial charge < -0.3 is 32.2 Å². The molecule has 0 heterocycles. The first-order valence-electron chi connectivity index (χ1n) is 7.00. The van der Waals surface area contributed by atoms with Gasteiger partial charge in [-0.1, -0.05) is 0 Å². The van der Waals surface area contributed by atoms with E-state index in [0.717, 1.165) is 37.9 Å². The molecule has 0 saturated carbocycles. The molecule has 21 heavy (non-hydrogen) atoms. The number of hydrogen-bond donors (Lipinski definition) is 1. The van der Waals surface area contributed by atoms with Gasteiger partial charge in [0.15, 0.2) is 5.91 Å². The molecule has 0 aromatic rings. The summed E-state index contributed by atoms with van der Waals surface area (Å²) in [5.41, 5.74) is 0. The van der Waals surface area contributed by atoms with Crippen LogP contribution in [0.4, 0.5) is 0 Å². The number of carbonyl (C=O) groups is 1. The number of nitrogens with one attached hydrogen (secondary N) is 1. The molecule has 1 N–H and O–H groups in total. The van der Waals surface area contributed by atoms with Crippen LogP contribution < -0.4 is 5.32 Å². The summed E-state index contributed by atoms with van der Waals surface area (Å²) in [4.78, 5) is 11.0. The van der Waals surface area contributed by atoms with Crippen LogP contribution in [0.1, 0.15) is 12.8 Å². The van der Waals surface area contributed by atoms with Crippen LogP contribution >= 0.6 is 0 Å². The maximum atomic E-state index is 11.0. The molecule has 0 amide bonds. The van der Waals surface area contributed by atoms with E-state index in [1.807, 2.05) is 0 Å². The van der Waals surface area contributed by atoms with Crippen LogP contribution in [0.25, 0.3) is 0 Å². The fourth-order valence-corrected chi connectivity index (χ4v) is 5.29. The molecule has 0 aromatic heterocycles. The normalized spacial score (nSPS) is 12.6. The van der Waals surface area contributed by atoms with Gasteiger partial charge in [0.05, 0.1) is 0 Å². The number of hydrogen-bond acceptors (Lipinski definition) is 7. The van der Waals surface area contributed by atoms with E-state index in [1.165, 1.54) is 14.2 Å². The van der Waals surface area contributed by atoms with Crippen LogP contribution in [0, 0.1) is 0 Å². The van der Waals surface area contributed by atoms with Crippen LogP contribution in [-0.4, -0.2) is 71.9 Å². The lowest BCUT2D eigenvalue weighted by Crippen LogP contribution is -2.43. The molecule has 0 fully saturated rings. The summed E-state index contributed by atoms with van der Waals surface area (Å²) < 4.78 is 26.5. The van der Waals surface area contributed by atoms with Crippen molar-refractivity contribution in [2.75, 3.05) is 48.6 Å². The van der Waals surface area contributed by atoms with E-state index >= 15 is 0 Å². The summed E-state index contributed by atoms with van der Waals surface area (Å²) in [7, 11) is 2.85. The van der Waals surface area contributed by atoms with Crippen LogP contribution in [0.15, 0.2) is 0 Å². The Morgan fingerprint density at radius 2 is 1.29 bits per heavy atom. The highest BCUT2D eigenvalue weighted by Crippen LogP contribution is 2.14. The van der Waals surface area contributed by atoms with Gasteiger partial charge in [-0.3, -0.25) is 0 Å². The highest BCUT2D eigenvalue weighted by Gasteiger charge is 2.37. The summed E-state index contributed by atoms with van der Waals surface area (Å²) in [5.74, 6) is 0.836. The Kier molecular flexibility index (Phi) is 11.4. The van der Waals surface area contributed by atoms with E-state index in [2.05, 4.69) is 5.32 Å². The molecule has 0 aromatic carbocycles. The first-order chi connectivity index (χ1) is 10.1. The second kappa shape index (κ2) is 11.4. The van der Waals surface area contributed by atoms with Gasteiger partial charge in [-0.15, -0.1) is 0 Å². The minimum atomic E-state index is -2.61. The molecule has 0 atom stereocenters. The summed E-state index contributed by atoms with van der Waals surface area (Å²) in [6.45, 7) is 1.66. The number of rotatable bonds is 14. The van der Waals surface area contributed by atoms with E-state index in [9.17, 15) is 4.79 Å². The smallest absolute Gasteiger partial charge is 0.393 e. The zero-order chi connectivity index (χ0) is 16.2. The van der Waals surface area contributed by atoms with Crippen LogP contribution in [-0.2, 0) is 26.9 Å². The predicted molar refractivity (Wildman–Crippen MR) is 85.0 cm³/mol. The van der Waals surface area contributed by atoms with E-state index in [4.69, 9.17) is 22.1 Å². The first-order valence-corrected chi connectivity index (χ1v) is 11.0. The topological polar surface area (TPSA) is 75.3 Å². The van der Waals surface area contributed by atoms with Gasteiger partial charge in [-0.25, -0.2) is 0 Å². The van der Waals surface area contributed by atoms with Crippen molar-refractivity contribution in [1.29, 1.82) is 0 Å². The average molecular weight is 340 g/mol. The van der Waals surface area contributed by atoms with Crippen molar-refractivity contribution in [2.45, 2.75) is 24.9 Å². The molecular weight excluding hydrogens is 310 g/mol. The van der Waals surface area contributed by atoms with Gasteiger partial charge in [-0.2, -0.15) is 0 Å². The van der Waals surface area contributed by atoms with Crippen LogP contribution in [0.3, 0.4) is 0 Å². The second-order valence-corrected chi connectivity index (χ2v) is 10.9. The molecule has 0 aliphatic carbocycles. The average Bonchev–Trinajstić information content (AvgIpc) is 2.55. The van der Waals surface area contributed by atoms with E-state index in [0.29, 0.717) is 6.04 Å². The molecular formula is C12H29NO6Si2. The second-order valence-electron chi connectivity index (χ2n) is 4.59. The molecule has 0 unspecified atom stereocenters. The van der Waals surface area contributed by atoms with Crippen molar-refractivity contribution in [3.8, 4) is 0 Å². The highest BCUT2D eigenvalue weighted by atomic mass is 28.4. The third kappa shape index (κ3) is 7.11. The van der Waals surface area contributed by atoms with Crippen molar-refractivity contribution in [1.82, 2.24) is 5.32 Å². The largest absolute Gasteiger partial charge is 0.500 e. The molecule has 0 saturated heterocycles. The van der Waals surface area contributed by atoms with Crippen molar-refractivity contribution < 1.29 is 26.9 Å². The minimum absolute atomic E-state index is 0.656. The van der Waals surface area contributed by atoms with Crippen LogP contribution in [0.2, 0.25) is 12.1 Å². The lowest BCUT2D eigenvalue weighted by atomic mass is 10.4. The minimum Gasteiger partial charge on any atom is -0.393 e. The van der Waals surface area contributed by atoms with Crippen molar-refractivity contribution >= 4 is 23.3 Å². The Balaban J connectivity index is 3.80. The molecule has 0 rings (SSSR count). The van der Waals surface area contributed by atoms with Gasteiger partial charge in [0.1, 0.15) is 0 Å². The molecule has 0 bridgehead atoms. The van der Waals surface area contributed by atoms with Gasteiger partial charge in [0, 0.05) is 41.6 Å². The van der Waals surface area contributed by atoms with Crippen molar-refractivity contribution in [2.24, 2.45) is 0 Å². The van der Waals surface area contributed by atoms with Gasteiger partial charge in [0.25, 0.3) is 0 Å². The predicted octanol–water partition coefficient (Wildman–Crippen LogP) is 0.741. The van der Waals surface area contributed by atoms with Gasteiger partial charge in [-0.05, 0) is 32.0 Å². The van der Waals surface area contributed by atoms with Crippen molar-refractivity contribution in [3.05, 3.63) is 0 Å². The standard InChI is InChI=1S/C12H29NO6Si2/c1-15-20(12-14,16-2)10-6-8-13-9-7-11-21(17-3,18-4)19-5/h12-13H,6-11H2,1-5H3. The third-order valence-corrected chi connectivity index (χ3v) is 9.14. The highest BCUT2D eigenvalue weighted by molar-refractivity contribution is 6.91. The Morgan fingerprint density at radius 3 is 1.67 bits per heavy atom. The SMILES string of the molecule is CO[Si](C=O)(CCCNCCC[Si](OC)(OC)OC)OC. The fraction of sp³-hybridized carbons (Fsp3) is 0.917. The zero-order valence-electron chi connectivity index (χ0n) is 13.8. The van der Waals surface area contributed by atoms with Gasteiger partial charge in [0.2, 0.25) is 0 Å². The Bertz CT molecular complexity index is 266. The summed E-state index contributed by atoms with van der Waals surface area (Å²) in [6.07, 6.45) is 1.75. The third-order valence-electron chi connectivity index (χ3n) is 3.52. The van der Waals surface area contributed by atoms with Gasteiger partial charge >= 0.3 is 17.4 Å². The maximum Gasteiger partial charge on any atom is 0.500 e. The first kappa shape index (κ1) is 20.9. The lowest BCUT2D eigenvalue weighted by molar-refractivity contribution is 0.123. The Morgan fingerprint density at radius 1 is 0.810 bits per heavy atom. The molecule has 0 aliphatic rings. The van der Waals surface area contributed by atoms with E-state index in [-0.39, 0.29) is 0 Å². The van der Waals surface area contributed by atoms with E-state index < -0.39 is 17.4 Å².